The third kappa shape index (κ3) is 3.31. The Kier molecular flexibility index (Phi) is 4.64. The van der Waals surface area contributed by atoms with Crippen molar-refractivity contribution < 1.29 is 19.1 Å². The average Bonchev–Trinajstić information content (AvgIpc) is 2.52. The second kappa shape index (κ2) is 6.48. The maximum atomic E-state index is 12.3. The predicted molar refractivity (Wildman–Crippen MR) is 84.2 cm³/mol. The molecule has 6 heteroatoms. The standard InChI is InChI=1S/C17H17NO5/c1-10-5-11(2)7-12(6-10)18-8-13(16(20)22-3)15(19)14(9-18)17(21)23-4/h5-9H,1-4H3. The molecule has 2 aromatic rings. The molecule has 0 fully saturated rings. The third-order valence-corrected chi connectivity index (χ3v) is 3.34. The van der Waals surface area contributed by atoms with Crippen LogP contribution in [0.25, 0.3) is 5.69 Å². The molecular formula is C17H17NO5. The van der Waals surface area contributed by atoms with E-state index in [2.05, 4.69) is 9.47 Å². The Labute approximate surface area is 133 Å². The molecular weight excluding hydrogens is 298 g/mol. The summed E-state index contributed by atoms with van der Waals surface area (Å²) < 4.78 is 10.8. The molecule has 2 rings (SSSR count). The van der Waals surface area contributed by atoms with Crippen molar-refractivity contribution >= 4 is 11.9 Å². The molecule has 1 aromatic carbocycles. The summed E-state index contributed by atoms with van der Waals surface area (Å²) in [4.78, 5) is 35.9. The lowest BCUT2D eigenvalue weighted by Crippen LogP contribution is -2.25. The fraction of sp³-hybridized carbons (Fsp3) is 0.235. The van der Waals surface area contributed by atoms with Crippen LogP contribution in [0.1, 0.15) is 31.8 Å². The molecule has 1 heterocycles. The Hall–Kier alpha value is -2.89. The number of aromatic nitrogens is 1. The molecule has 0 spiro atoms. The predicted octanol–water partition coefficient (Wildman–Crippen LogP) is 2.03. The first-order valence-electron chi connectivity index (χ1n) is 6.89. The highest BCUT2D eigenvalue weighted by atomic mass is 16.5. The molecule has 120 valence electrons. The number of carbonyl (C=O) groups excluding carboxylic acids is 2. The number of aryl methyl sites for hydroxylation is 2. The summed E-state index contributed by atoms with van der Waals surface area (Å²) in [7, 11) is 2.35. The van der Waals surface area contributed by atoms with Gasteiger partial charge in [0.25, 0.3) is 0 Å². The molecule has 0 aliphatic rings. The number of ether oxygens (including phenoxy) is 2. The van der Waals surface area contributed by atoms with Gasteiger partial charge in [-0.25, -0.2) is 9.59 Å². The van der Waals surface area contributed by atoms with Crippen LogP contribution in [0.3, 0.4) is 0 Å². The van der Waals surface area contributed by atoms with E-state index in [4.69, 9.17) is 0 Å². The number of methoxy groups -OCH3 is 2. The van der Waals surface area contributed by atoms with Gasteiger partial charge < -0.3 is 14.0 Å². The third-order valence-electron chi connectivity index (χ3n) is 3.34. The van der Waals surface area contributed by atoms with Gasteiger partial charge in [0.1, 0.15) is 11.1 Å². The van der Waals surface area contributed by atoms with Crippen molar-refractivity contribution in [2.24, 2.45) is 0 Å². The number of nitrogens with zero attached hydrogens (tertiary/aromatic N) is 1. The SMILES string of the molecule is COC(=O)c1cn(-c2cc(C)cc(C)c2)cc(C(=O)OC)c1=O. The van der Waals surface area contributed by atoms with E-state index < -0.39 is 17.4 Å². The minimum Gasteiger partial charge on any atom is -0.465 e. The molecule has 0 saturated heterocycles. The minimum absolute atomic E-state index is 0.227. The van der Waals surface area contributed by atoms with E-state index in [1.165, 1.54) is 26.6 Å². The summed E-state index contributed by atoms with van der Waals surface area (Å²) >= 11 is 0. The topological polar surface area (TPSA) is 74.6 Å². The van der Waals surface area contributed by atoms with Gasteiger partial charge in [-0.1, -0.05) is 6.07 Å². The number of rotatable bonds is 3. The molecule has 0 saturated carbocycles. The Balaban J connectivity index is 2.76. The van der Waals surface area contributed by atoms with Crippen LogP contribution in [0.4, 0.5) is 0 Å². The lowest BCUT2D eigenvalue weighted by molar-refractivity contribution is 0.0595. The second-order valence-corrected chi connectivity index (χ2v) is 5.15. The monoisotopic (exact) mass is 315 g/mol. The van der Waals surface area contributed by atoms with Gasteiger partial charge in [-0.15, -0.1) is 0 Å². The Morgan fingerprint density at radius 2 is 1.30 bits per heavy atom. The zero-order valence-electron chi connectivity index (χ0n) is 13.4. The van der Waals surface area contributed by atoms with Crippen LogP contribution in [0.2, 0.25) is 0 Å². The van der Waals surface area contributed by atoms with Crippen LogP contribution in [0.5, 0.6) is 0 Å². The maximum absolute atomic E-state index is 12.3. The number of hydrogen-bond donors (Lipinski definition) is 0. The molecule has 0 N–H and O–H groups in total. The maximum Gasteiger partial charge on any atom is 0.343 e. The van der Waals surface area contributed by atoms with Crippen molar-refractivity contribution in [2.75, 3.05) is 14.2 Å². The average molecular weight is 315 g/mol. The molecule has 23 heavy (non-hydrogen) atoms. The highest BCUT2D eigenvalue weighted by Gasteiger charge is 2.20. The van der Waals surface area contributed by atoms with Crippen molar-refractivity contribution in [1.29, 1.82) is 0 Å². The second-order valence-electron chi connectivity index (χ2n) is 5.15. The van der Waals surface area contributed by atoms with E-state index in [-0.39, 0.29) is 11.1 Å². The normalized spacial score (nSPS) is 10.3. The largest absolute Gasteiger partial charge is 0.465 e. The van der Waals surface area contributed by atoms with Crippen LogP contribution in [0, 0.1) is 13.8 Å². The number of pyridine rings is 1. The molecule has 0 aliphatic heterocycles. The first-order chi connectivity index (χ1) is 10.9. The molecule has 0 unspecified atom stereocenters. The summed E-state index contributed by atoms with van der Waals surface area (Å²) in [6, 6.07) is 5.74. The highest BCUT2D eigenvalue weighted by Crippen LogP contribution is 2.15. The number of hydrogen-bond acceptors (Lipinski definition) is 5. The van der Waals surface area contributed by atoms with Crippen molar-refractivity contribution in [3.8, 4) is 5.69 Å². The summed E-state index contributed by atoms with van der Waals surface area (Å²) in [5, 5.41) is 0. The molecule has 0 aliphatic carbocycles. The van der Waals surface area contributed by atoms with Crippen molar-refractivity contribution in [3.05, 3.63) is 63.1 Å². The van der Waals surface area contributed by atoms with Gasteiger partial charge in [0, 0.05) is 18.1 Å². The summed E-state index contributed by atoms with van der Waals surface area (Å²) in [6.07, 6.45) is 2.71. The Morgan fingerprint density at radius 3 is 1.70 bits per heavy atom. The summed E-state index contributed by atoms with van der Waals surface area (Å²) in [5.74, 6) is -1.61. The number of carbonyl (C=O) groups is 2. The van der Waals surface area contributed by atoms with Crippen molar-refractivity contribution in [1.82, 2.24) is 4.57 Å². The van der Waals surface area contributed by atoms with Gasteiger partial charge in [0.2, 0.25) is 5.43 Å². The van der Waals surface area contributed by atoms with Crippen molar-refractivity contribution in [3.63, 3.8) is 0 Å². The molecule has 0 bridgehead atoms. The summed E-state index contributed by atoms with van der Waals surface area (Å²) in [5.41, 5.74) is 1.57. The van der Waals surface area contributed by atoms with Gasteiger partial charge in [-0.05, 0) is 37.1 Å². The van der Waals surface area contributed by atoms with Gasteiger partial charge in [-0.3, -0.25) is 4.79 Å². The fourth-order valence-electron chi connectivity index (χ4n) is 2.34. The van der Waals surface area contributed by atoms with Gasteiger partial charge in [0.15, 0.2) is 0 Å². The van der Waals surface area contributed by atoms with E-state index in [1.807, 2.05) is 32.0 Å². The van der Waals surface area contributed by atoms with Crippen LogP contribution >= 0.6 is 0 Å². The van der Waals surface area contributed by atoms with E-state index in [1.54, 1.807) is 4.57 Å². The van der Waals surface area contributed by atoms with Gasteiger partial charge in [-0.2, -0.15) is 0 Å². The van der Waals surface area contributed by atoms with Gasteiger partial charge >= 0.3 is 11.9 Å². The highest BCUT2D eigenvalue weighted by molar-refractivity contribution is 5.94. The zero-order valence-corrected chi connectivity index (χ0v) is 13.4. The smallest absolute Gasteiger partial charge is 0.343 e. The molecule has 6 nitrogen and oxygen atoms in total. The van der Waals surface area contributed by atoms with Crippen LogP contribution in [-0.4, -0.2) is 30.7 Å². The van der Waals surface area contributed by atoms with E-state index >= 15 is 0 Å². The van der Waals surface area contributed by atoms with E-state index in [0.29, 0.717) is 0 Å². The molecule has 0 amide bonds. The van der Waals surface area contributed by atoms with Gasteiger partial charge in [0.05, 0.1) is 14.2 Å². The molecule has 1 aromatic heterocycles. The van der Waals surface area contributed by atoms with Crippen LogP contribution < -0.4 is 5.43 Å². The van der Waals surface area contributed by atoms with Crippen molar-refractivity contribution in [2.45, 2.75) is 13.8 Å². The number of esters is 2. The van der Waals surface area contributed by atoms with Crippen LogP contribution in [-0.2, 0) is 9.47 Å². The Morgan fingerprint density at radius 1 is 0.870 bits per heavy atom. The minimum atomic E-state index is -0.807. The lowest BCUT2D eigenvalue weighted by atomic mass is 10.1. The fourth-order valence-corrected chi connectivity index (χ4v) is 2.34. The first-order valence-corrected chi connectivity index (χ1v) is 6.89. The summed E-state index contributed by atoms with van der Waals surface area (Å²) in [6.45, 7) is 3.86. The van der Waals surface area contributed by atoms with E-state index in [0.717, 1.165) is 16.8 Å². The first kappa shape index (κ1) is 16.5. The quantitative estimate of drug-likeness (QED) is 0.810. The zero-order chi connectivity index (χ0) is 17.1. The lowest BCUT2D eigenvalue weighted by Gasteiger charge is -2.12. The van der Waals surface area contributed by atoms with E-state index in [9.17, 15) is 14.4 Å². The van der Waals surface area contributed by atoms with Crippen LogP contribution in [0.15, 0.2) is 35.4 Å². The Bertz CT molecular complexity index is 775. The number of benzene rings is 1. The molecule has 0 radical (unpaired) electrons. The molecule has 0 atom stereocenters.